The topological polar surface area (TPSA) is 63.8 Å². The summed E-state index contributed by atoms with van der Waals surface area (Å²) in [6.07, 6.45) is 6.73. The van der Waals surface area contributed by atoms with E-state index < -0.39 is 0 Å². The van der Waals surface area contributed by atoms with E-state index in [0.29, 0.717) is 11.5 Å². The molecule has 72 valence electrons. The molecule has 2 aromatic rings. The molecular weight excluding hydrogens is 180 g/mol. The van der Waals surface area contributed by atoms with E-state index >= 15 is 0 Å². The van der Waals surface area contributed by atoms with Crippen molar-refractivity contribution in [2.45, 2.75) is 13.5 Å². The Hall–Kier alpha value is -1.75. The summed E-state index contributed by atoms with van der Waals surface area (Å²) in [5, 5.41) is 12.9. The van der Waals surface area contributed by atoms with E-state index in [4.69, 9.17) is 5.11 Å². The minimum Gasteiger partial charge on any atom is -0.390 e. The molecule has 0 bridgehead atoms. The van der Waals surface area contributed by atoms with Crippen LogP contribution >= 0.6 is 0 Å². The molecular formula is C9H10N4O. The summed E-state index contributed by atoms with van der Waals surface area (Å²) in [5.74, 6) is 0.648. The molecule has 0 aliphatic rings. The Morgan fingerprint density at radius 2 is 2.14 bits per heavy atom. The summed E-state index contributed by atoms with van der Waals surface area (Å²) in [4.78, 5) is 8.12. The van der Waals surface area contributed by atoms with Gasteiger partial charge in [-0.25, -0.2) is 9.67 Å². The van der Waals surface area contributed by atoms with Crippen molar-refractivity contribution in [2.24, 2.45) is 0 Å². The van der Waals surface area contributed by atoms with Crippen LogP contribution in [0.4, 0.5) is 0 Å². The fourth-order valence-corrected chi connectivity index (χ4v) is 1.09. The molecule has 2 rings (SSSR count). The summed E-state index contributed by atoms with van der Waals surface area (Å²) >= 11 is 0. The molecule has 0 aliphatic carbocycles. The van der Waals surface area contributed by atoms with Gasteiger partial charge in [0.05, 0.1) is 30.9 Å². The predicted molar refractivity (Wildman–Crippen MR) is 49.8 cm³/mol. The summed E-state index contributed by atoms with van der Waals surface area (Å²) in [6.45, 7) is 1.87. The largest absolute Gasteiger partial charge is 0.390 e. The minimum absolute atomic E-state index is 0.0919. The Morgan fingerprint density at radius 3 is 2.64 bits per heavy atom. The molecule has 14 heavy (non-hydrogen) atoms. The van der Waals surface area contributed by atoms with Gasteiger partial charge in [0, 0.05) is 6.20 Å². The second kappa shape index (κ2) is 3.55. The lowest BCUT2D eigenvalue weighted by atomic mass is 10.4. The van der Waals surface area contributed by atoms with Crippen LogP contribution < -0.4 is 0 Å². The molecule has 5 nitrogen and oxygen atoms in total. The van der Waals surface area contributed by atoms with Gasteiger partial charge in [0.15, 0.2) is 5.82 Å². The second-order valence-corrected chi connectivity index (χ2v) is 2.99. The third-order valence-corrected chi connectivity index (χ3v) is 1.80. The zero-order chi connectivity index (χ0) is 9.97. The normalized spacial score (nSPS) is 10.4. The Labute approximate surface area is 81.1 Å². The van der Waals surface area contributed by atoms with E-state index in [-0.39, 0.29) is 6.61 Å². The smallest absolute Gasteiger partial charge is 0.171 e. The first-order valence-electron chi connectivity index (χ1n) is 4.23. The summed E-state index contributed by atoms with van der Waals surface area (Å²) < 4.78 is 1.64. The monoisotopic (exact) mass is 190 g/mol. The van der Waals surface area contributed by atoms with Crippen LogP contribution in [0.3, 0.4) is 0 Å². The lowest BCUT2D eigenvalue weighted by Gasteiger charge is -1.99. The maximum Gasteiger partial charge on any atom is 0.171 e. The van der Waals surface area contributed by atoms with E-state index in [1.165, 1.54) is 6.20 Å². The average molecular weight is 190 g/mol. The van der Waals surface area contributed by atoms with Crippen LogP contribution in [0.1, 0.15) is 11.3 Å². The van der Waals surface area contributed by atoms with Crippen molar-refractivity contribution in [1.82, 2.24) is 19.7 Å². The maximum atomic E-state index is 8.78. The fraction of sp³-hybridized carbons (Fsp3) is 0.222. The molecule has 2 aromatic heterocycles. The molecule has 0 fully saturated rings. The van der Waals surface area contributed by atoms with Crippen LogP contribution in [0.25, 0.3) is 5.82 Å². The second-order valence-electron chi connectivity index (χ2n) is 2.99. The van der Waals surface area contributed by atoms with Crippen LogP contribution in [-0.4, -0.2) is 24.9 Å². The summed E-state index contributed by atoms with van der Waals surface area (Å²) in [7, 11) is 0. The van der Waals surface area contributed by atoms with Crippen LogP contribution in [0.2, 0.25) is 0 Å². The zero-order valence-electron chi connectivity index (χ0n) is 7.75. The van der Waals surface area contributed by atoms with E-state index in [1.54, 1.807) is 17.1 Å². The molecule has 0 radical (unpaired) electrons. The lowest BCUT2D eigenvalue weighted by Crippen LogP contribution is -2.00. The molecule has 0 spiro atoms. The van der Waals surface area contributed by atoms with Crippen LogP contribution in [-0.2, 0) is 6.61 Å². The highest BCUT2D eigenvalue weighted by molar-refractivity contribution is 5.19. The highest BCUT2D eigenvalue weighted by Gasteiger charge is 2.00. The lowest BCUT2D eigenvalue weighted by molar-refractivity contribution is 0.276. The number of aliphatic hydroxyl groups is 1. The van der Waals surface area contributed by atoms with Crippen LogP contribution in [0.15, 0.2) is 24.8 Å². The Kier molecular flexibility index (Phi) is 2.24. The molecule has 0 amide bonds. The van der Waals surface area contributed by atoms with Gasteiger partial charge in [0.25, 0.3) is 0 Å². The molecule has 0 saturated heterocycles. The molecule has 5 heteroatoms. The van der Waals surface area contributed by atoms with Crippen molar-refractivity contribution in [3.05, 3.63) is 36.0 Å². The molecule has 0 aromatic carbocycles. The Bertz CT molecular complexity index is 421. The predicted octanol–water partition coefficient (Wildman–Crippen LogP) is 0.463. The third-order valence-electron chi connectivity index (χ3n) is 1.80. The van der Waals surface area contributed by atoms with Crippen molar-refractivity contribution >= 4 is 0 Å². The number of rotatable bonds is 2. The SMILES string of the molecule is Cc1cnn(-c2cnc(CO)cn2)c1. The Morgan fingerprint density at radius 1 is 1.29 bits per heavy atom. The molecule has 0 aliphatic heterocycles. The van der Waals surface area contributed by atoms with Crippen molar-refractivity contribution in [3.8, 4) is 5.82 Å². The molecule has 0 unspecified atom stereocenters. The van der Waals surface area contributed by atoms with E-state index in [9.17, 15) is 0 Å². The van der Waals surface area contributed by atoms with Gasteiger partial charge in [0.2, 0.25) is 0 Å². The number of hydrogen-bond donors (Lipinski definition) is 1. The number of nitrogens with zero attached hydrogens (tertiary/aromatic N) is 4. The molecule has 2 heterocycles. The molecule has 0 saturated carbocycles. The van der Waals surface area contributed by atoms with Crippen LogP contribution in [0.5, 0.6) is 0 Å². The van der Waals surface area contributed by atoms with E-state index in [0.717, 1.165) is 5.56 Å². The highest BCUT2D eigenvalue weighted by Crippen LogP contribution is 2.03. The van der Waals surface area contributed by atoms with Crippen molar-refractivity contribution in [2.75, 3.05) is 0 Å². The van der Waals surface area contributed by atoms with Gasteiger partial charge in [-0.3, -0.25) is 4.98 Å². The van der Waals surface area contributed by atoms with Crippen molar-refractivity contribution < 1.29 is 5.11 Å². The average Bonchev–Trinajstić information content (AvgIpc) is 2.65. The first-order valence-corrected chi connectivity index (χ1v) is 4.23. The van der Waals surface area contributed by atoms with E-state index in [1.807, 2.05) is 13.1 Å². The zero-order valence-corrected chi connectivity index (χ0v) is 7.75. The fourth-order valence-electron chi connectivity index (χ4n) is 1.09. The van der Waals surface area contributed by atoms with Gasteiger partial charge < -0.3 is 5.11 Å². The first kappa shape index (κ1) is 8.83. The number of aliphatic hydroxyl groups excluding tert-OH is 1. The van der Waals surface area contributed by atoms with Gasteiger partial charge in [-0.15, -0.1) is 0 Å². The standard InChI is InChI=1S/C9H10N4O/c1-7-2-12-13(5-7)9-4-10-8(6-14)3-11-9/h2-5,14H,6H2,1H3. The Balaban J connectivity index is 2.33. The molecule has 1 N–H and O–H groups in total. The minimum atomic E-state index is -0.0919. The summed E-state index contributed by atoms with van der Waals surface area (Å²) in [5.41, 5.74) is 1.62. The number of aromatic nitrogens is 4. The first-order chi connectivity index (χ1) is 6.79. The highest BCUT2D eigenvalue weighted by atomic mass is 16.3. The van der Waals surface area contributed by atoms with Gasteiger partial charge in [-0.2, -0.15) is 5.10 Å². The van der Waals surface area contributed by atoms with Crippen molar-refractivity contribution in [1.29, 1.82) is 0 Å². The van der Waals surface area contributed by atoms with Gasteiger partial charge >= 0.3 is 0 Å². The van der Waals surface area contributed by atoms with Gasteiger partial charge in [-0.1, -0.05) is 0 Å². The van der Waals surface area contributed by atoms with Crippen LogP contribution in [0, 0.1) is 6.92 Å². The maximum absolute atomic E-state index is 8.78. The summed E-state index contributed by atoms with van der Waals surface area (Å²) in [6, 6.07) is 0. The molecule has 0 atom stereocenters. The van der Waals surface area contributed by atoms with Crippen molar-refractivity contribution in [3.63, 3.8) is 0 Å². The number of hydrogen-bond acceptors (Lipinski definition) is 4. The van der Waals surface area contributed by atoms with Gasteiger partial charge in [-0.05, 0) is 12.5 Å². The number of aryl methyl sites for hydroxylation is 1. The van der Waals surface area contributed by atoms with Gasteiger partial charge in [0.1, 0.15) is 0 Å². The quantitative estimate of drug-likeness (QED) is 0.747. The third kappa shape index (κ3) is 1.62. The van der Waals surface area contributed by atoms with E-state index in [2.05, 4.69) is 15.1 Å².